The number of nitrogens with one attached hydrogen (secondary N) is 1. The number of hydrogen-bond donors (Lipinski definition) is 2. The van der Waals surface area contributed by atoms with Crippen molar-refractivity contribution in [1.29, 1.82) is 0 Å². The van der Waals surface area contributed by atoms with Gasteiger partial charge in [0.15, 0.2) is 12.0 Å². The smallest absolute Gasteiger partial charge is 0.199 e. The quantitative estimate of drug-likeness (QED) is 0.456. The van der Waals surface area contributed by atoms with Gasteiger partial charge in [-0.15, -0.1) is 0 Å². The molecule has 0 radical (unpaired) electrons. The van der Waals surface area contributed by atoms with E-state index in [1.807, 2.05) is 0 Å². The summed E-state index contributed by atoms with van der Waals surface area (Å²) in [6, 6.07) is -0.211. The van der Waals surface area contributed by atoms with E-state index < -0.39 is 0 Å². The molecule has 2 aliphatic heterocycles. The van der Waals surface area contributed by atoms with Crippen LogP contribution >= 0.6 is 12.2 Å². The van der Waals surface area contributed by atoms with Crippen molar-refractivity contribution in [2.75, 3.05) is 0 Å². The van der Waals surface area contributed by atoms with E-state index in [2.05, 4.69) is 20.3 Å². The first kappa shape index (κ1) is 6.41. The number of nitrogens with two attached hydrogens (primary N) is 1. The van der Waals surface area contributed by atoms with Crippen LogP contribution in [0.1, 0.15) is 0 Å². The topological polar surface area (TPSA) is 75.1 Å². The van der Waals surface area contributed by atoms with Gasteiger partial charge in [0.05, 0.1) is 0 Å². The minimum atomic E-state index is -0.211. The van der Waals surface area contributed by atoms with Crippen LogP contribution in [-0.2, 0) is 0 Å². The monoisotopic (exact) mass is 167 g/mol. The number of aliphatic imine (C=N–C) groups is 3. The number of guanidine groups is 1. The van der Waals surface area contributed by atoms with E-state index in [0.717, 1.165) is 0 Å². The Labute approximate surface area is 68.1 Å². The summed E-state index contributed by atoms with van der Waals surface area (Å²) in [5.74, 6) is 0.956. The van der Waals surface area contributed by atoms with E-state index >= 15 is 0 Å². The number of hydrogen-bond acceptors (Lipinski definition) is 5. The van der Waals surface area contributed by atoms with Gasteiger partial charge in [-0.1, -0.05) is 12.2 Å². The van der Waals surface area contributed by atoms with Crippen molar-refractivity contribution in [3.05, 3.63) is 0 Å². The normalized spacial score (nSPS) is 27.3. The SMILES string of the molecule is NC1=NC(=S)C2N=CN=C2N1. The molecule has 0 aromatic heterocycles. The molecular weight excluding hydrogens is 162 g/mol. The van der Waals surface area contributed by atoms with Crippen LogP contribution in [0, 0.1) is 0 Å². The standard InChI is InChI=1S/C5H5N5S/c6-5-9-3-2(4(11)10-5)7-1-8-3/h1-2H,(H3,6,7,8,9,10,11). The maximum absolute atomic E-state index is 5.40. The van der Waals surface area contributed by atoms with Crippen molar-refractivity contribution in [1.82, 2.24) is 5.32 Å². The zero-order chi connectivity index (χ0) is 7.84. The number of fused-ring (bicyclic) bond motifs is 1. The minimum absolute atomic E-state index is 0.211. The Morgan fingerprint density at radius 1 is 1.64 bits per heavy atom. The van der Waals surface area contributed by atoms with E-state index in [4.69, 9.17) is 18.0 Å². The lowest BCUT2D eigenvalue weighted by atomic mass is 10.2. The third kappa shape index (κ3) is 0.911. The van der Waals surface area contributed by atoms with Gasteiger partial charge in [-0.05, 0) is 0 Å². The van der Waals surface area contributed by atoms with Crippen molar-refractivity contribution in [3.63, 3.8) is 0 Å². The highest BCUT2D eigenvalue weighted by atomic mass is 32.1. The molecule has 1 atom stereocenters. The van der Waals surface area contributed by atoms with Crippen LogP contribution in [0.15, 0.2) is 15.0 Å². The predicted molar refractivity (Wildman–Crippen MR) is 47.1 cm³/mol. The second-order valence-electron chi connectivity index (χ2n) is 2.14. The van der Waals surface area contributed by atoms with E-state index in [1.54, 1.807) is 0 Å². The zero-order valence-corrected chi connectivity index (χ0v) is 6.30. The highest BCUT2D eigenvalue weighted by molar-refractivity contribution is 7.80. The van der Waals surface area contributed by atoms with Gasteiger partial charge in [0.2, 0.25) is 0 Å². The average Bonchev–Trinajstić information content (AvgIpc) is 2.34. The van der Waals surface area contributed by atoms with Crippen molar-refractivity contribution < 1.29 is 0 Å². The summed E-state index contributed by atoms with van der Waals surface area (Å²) in [7, 11) is 0. The Hall–Kier alpha value is -1.30. The lowest BCUT2D eigenvalue weighted by molar-refractivity contribution is 1.08. The Morgan fingerprint density at radius 3 is 3.27 bits per heavy atom. The van der Waals surface area contributed by atoms with Crippen LogP contribution in [0.4, 0.5) is 0 Å². The van der Waals surface area contributed by atoms with E-state index in [0.29, 0.717) is 10.8 Å². The Morgan fingerprint density at radius 2 is 2.45 bits per heavy atom. The van der Waals surface area contributed by atoms with Crippen molar-refractivity contribution in [2.45, 2.75) is 6.04 Å². The van der Waals surface area contributed by atoms with Gasteiger partial charge in [0.25, 0.3) is 0 Å². The molecule has 0 fully saturated rings. The molecule has 0 aromatic carbocycles. The molecule has 0 saturated heterocycles. The van der Waals surface area contributed by atoms with Crippen molar-refractivity contribution >= 4 is 35.3 Å². The molecule has 2 heterocycles. The van der Waals surface area contributed by atoms with Gasteiger partial charge in [0.1, 0.15) is 17.2 Å². The second-order valence-corrected chi connectivity index (χ2v) is 2.56. The molecule has 0 spiro atoms. The summed E-state index contributed by atoms with van der Waals surface area (Å²) >= 11 is 4.92. The lowest BCUT2D eigenvalue weighted by Crippen LogP contribution is -2.48. The van der Waals surface area contributed by atoms with Gasteiger partial charge in [-0.25, -0.2) is 9.98 Å². The summed E-state index contributed by atoms with van der Waals surface area (Å²) < 4.78 is 0. The fourth-order valence-electron chi connectivity index (χ4n) is 0.924. The summed E-state index contributed by atoms with van der Waals surface area (Å²) in [6.07, 6.45) is 1.45. The average molecular weight is 167 g/mol. The first-order chi connectivity index (χ1) is 5.27. The molecule has 0 aromatic rings. The maximum atomic E-state index is 5.40. The highest BCUT2D eigenvalue weighted by Gasteiger charge is 2.27. The summed E-state index contributed by atoms with van der Waals surface area (Å²) in [6.45, 7) is 0. The van der Waals surface area contributed by atoms with Gasteiger partial charge in [0, 0.05) is 0 Å². The van der Waals surface area contributed by atoms with Gasteiger partial charge in [-0.3, -0.25) is 4.99 Å². The van der Waals surface area contributed by atoms with Crippen LogP contribution in [-0.4, -0.2) is 29.2 Å². The van der Waals surface area contributed by atoms with Crippen LogP contribution in [0.2, 0.25) is 0 Å². The lowest BCUT2D eigenvalue weighted by Gasteiger charge is -2.16. The molecular formula is C5H5N5S. The fourth-order valence-corrected chi connectivity index (χ4v) is 1.19. The third-order valence-corrected chi connectivity index (χ3v) is 1.71. The first-order valence-corrected chi connectivity index (χ1v) is 3.42. The van der Waals surface area contributed by atoms with Crippen LogP contribution in [0.25, 0.3) is 0 Å². The highest BCUT2D eigenvalue weighted by Crippen LogP contribution is 2.07. The Kier molecular flexibility index (Phi) is 1.22. The molecule has 11 heavy (non-hydrogen) atoms. The molecule has 1 unspecified atom stereocenters. The number of rotatable bonds is 0. The van der Waals surface area contributed by atoms with Crippen LogP contribution < -0.4 is 11.1 Å². The van der Waals surface area contributed by atoms with Gasteiger partial charge >= 0.3 is 0 Å². The van der Waals surface area contributed by atoms with E-state index in [9.17, 15) is 0 Å². The Bertz CT molecular complexity index is 302. The van der Waals surface area contributed by atoms with Crippen molar-refractivity contribution in [2.24, 2.45) is 20.7 Å². The largest absolute Gasteiger partial charge is 0.369 e. The van der Waals surface area contributed by atoms with Crippen LogP contribution in [0.5, 0.6) is 0 Å². The van der Waals surface area contributed by atoms with Crippen LogP contribution in [0.3, 0.4) is 0 Å². The zero-order valence-electron chi connectivity index (χ0n) is 5.48. The first-order valence-electron chi connectivity index (χ1n) is 3.02. The summed E-state index contributed by atoms with van der Waals surface area (Å²) in [5.41, 5.74) is 5.40. The van der Waals surface area contributed by atoms with Crippen molar-refractivity contribution in [3.8, 4) is 0 Å². The summed E-state index contributed by atoms with van der Waals surface area (Å²) in [5, 5.41) is 2.77. The predicted octanol–water partition coefficient (Wildman–Crippen LogP) is -0.959. The number of nitrogens with zero attached hydrogens (tertiary/aromatic N) is 3. The summed E-state index contributed by atoms with van der Waals surface area (Å²) in [4.78, 5) is 12.2. The Balaban J connectivity index is 2.39. The number of thiocarbonyl (C=S) groups is 1. The minimum Gasteiger partial charge on any atom is -0.369 e. The molecule has 6 heteroatoms. The van der Waals surface area contributed by atoms with E-state index in [-0.39, 0.29) is 12.0 Å². The molecule has 2 aliphatic rings. The molecule has 56 valence electrons. The second kappa shape index (κ2) is 2.09. The molecule has 0 bridgehead atoms. The van der Waals surface area contributed by atoms with E-state index in [1.165, 1.54) is 6.34 Å². The third-order valence-electron chi connectivity index (χ3n) is 1.39. The molecule has 2 rings (SSSR count). The molecule has 0 aliphatic carbocycles. The fraction of sp³-hybridized carbons (Fsp3) is 0.200. The molecule has 3 N–H and O–H groups in total. The maximum Gasteiger partial charge on any atom is 0.199 e. The van der Waals surface area contributed by atoms with Gasteiger partial charge < -0.3 is 11.1 Å². The number of amidine groups is 1. The molecule has 0 amide bonds. The molecule has 0 saturated carbocycles. The van der Waals surface area contributed by atoms with Gasteiger partial charge in [-0.2, -0.15) is 0 Å². The molecule has 5 nitrogen and oxygen atoms in total.